The Kier molecular flexibility index (Phi) is 4.57. The molecule has 28 heavy (non-hydrogen) atoms. The monoisotopic (exact) mass is 397 g/mol. The number of piperidine rings is 2. The van der Waals surface area contributed by atoms with Gasteiger partial charge in [0.25, 0.3) is 10.1 Å². The summed E-state index contributed by atoms with van der Waals surface area (Å²) >= 11 is 0. The van der Waals surface area contributed by atoms with Crippen LogP contribution in [0, 0.1) is 18.8 Å². The highest BCUT2D eigenvalue weighted by atomic mass is 32.2. The molecular formula is C23H27NO3S. The lowest BCUT2D eigenvalue weighted by atomic mass is 9.63. The predicted octanol–water partition coefficient (Wildman–Crippen LogP) is 3.82. The summed E-state index contributed by atoms with van der Waals surface area (Å²) in [6.45, 7) is 1.99. The van der Waals surface area contributed by atoms with Crippen molar-refractivity contribution >= 4 is 10.1 Å². The van der Waals surface area contributed by atoms with Gasteiger partial charge in [0.15, 0.2) is 0 Å². The summed E-state index contributed by atoms with van der Waals surface area (Å²) in [6.07, 6.45) is 4.78. The lowest BCUT2D eigenvalue weighted by Crippen LogP contribution is -2.63. The molecule has 2 aliphatic heterocycles. The Labute approximate surface area is 167 Å². The van der Waals surface area contributed by atoms with Gasteiger partial charge in [-0.15, -0.1) is 0 Å². The molecule has 4 aliphatic rings. The van der Waals surface area contributed by atoms with E-state index >= 15 is 0 Å². The number of nitrogens with one attached hydrogen (secondary N) is 1. The fourth-order valence-corrected chi connectivity index (χ4v) is 6.99. The first-order chi connectivity index (χ1) is 13.5. The topological polar surface area (TPSA) is 55.4 Å². The largest absolute Gasteiger partial charge is 0.309 e. The standard InChI is InChI=1S/C23H27NO3S/c1-15-7-8-22(18(9-15)10-16-5-3-2-4-6-16)28(25,26)27-23-19-11-17-12-20(14-19)24-21(23)13-17/h2-9,17,19-21,23-24H,10-14H2,1H3/t17?,19?,20-,21+,23?/m1/s1. The van der Waals surface area contributed by atoms with Crippen molar-refractivity contribution in [1.29, 1.82) is 0 Å². The third-order valence-electron chi connectivity index (χ3n) is 6.70. The zero-order chi connectivity index (χ0) is 19.3. The molecule has 3 unspecified atom stereocenters. The Morgan fingerprint density at radius 2 is 1.86 bits per heavy atom. The molecule has 6 rings (SSSR count). The third kappa shape index (κ3) is 3.40. The van der Waals surface area contributed by atoms with Gasteiger partial charge in [-0.2, -0.15) is 8.42 Å². The van der Waals surface area contributed by atoms with Crippen LogP contribution in [0.4, 0.5) is 0 Å². The highest BCUT2D eigenvalue weighted by Crippen LogP contribution is 2.46. The van der Waals surface area contributed by atoms with E-state index in [2.05, 4.69) is 5.32 Å². The Hall–Kier alpha value is -1.69. The van der Waals surface area contributed by atoms with E-state index in [4.69, 9.17) is 4.18 Å². The highest BCUT2D eigenvalue weighted by molar-refractivity contribution is 7.86. The molecule has 4 nitrogen and oxygen atoms in total. The van der Waals surface area contributed by atoms with Gasteiger partial charge in [-0.3, -0.25) is 4.18 Å². The van der Waals surface area contributed by atoms with Gasteiger partial charge in [0.05, 0.1) is 11.0 Å². The van der Waals surface area contributed by atoms with Crippen molar-refractivity contribution in [3.8, 4) is 0 Å². The predicted molar refractivity (Wildman–Crippen MR) is 109 cm³/mol. The first kappa shape index (κ1) is 18.3. The molecule has 2 heterocycles. The SMILES string of the molecule is Cc1ccc(S(=O)(=O)OC2C3CC4C[C@H](C3)N[C@H]2C4)c(Cc2ccccc2)c1. The summed E-state index contributed by atoms with van der Waals surface area (Å²) in [4.78, 5) is 0.316. The minimum atomic E-state index is -3.81. The van der Waals surface area contributed by atoms with E-state index in [1.165, 1.54) is 6.42 Å². The zero-order valence-electron chi connectivity index (χ0n) is 16.2. The molecule has 0 amide bonds. The van der Waals surface area contributed by atoms with Gasteiger partial charge in [-0.1, -0.05) is 48.0 Å². The number of hydrogen-bond donors (Lipinski definition) is 1. The number of rotatable bonds is 5. The van der Waals surface area contributed by atoms with E-state index in [1.807, 2.05) is 49.4 Å². The Morgan fingerprint density at radius 3 is 2.61 bits per heavy atom. The fraction of sp³-hybridized carbons (Fsp3) is 0.478. The normalized spacial score (nSPS) is 31.2. The molecule has 4 fully saturated rings. The molecule has 2 aromatic carbocycles. The molecule has 5 heteroatoms. The first-order valence-corrected chi connectivity index (χ1v) is 11.7. The molecule has 2 saturated carbocycles. The second kappa shape index (κ2) is 6.97. The summed E-state index contributed by atoms with van der Waals surface area (Å²) in [7, 11) is -3.81. The van der Waals surface area contributed by atoms with E-state index in [0.717, 1.165) is 41.9 Å². The van der Waals surface area contributed by atoms with Gasteiger partial charge < -0.3 is 5.32 Å². The van der Waals surface area contributed by atoms with Crippen LogP contribution in [-0.2, 0) is 20.7 Å². The average molecular weight is 398 g/mol. The van der Waals surface area contributed by atoms with Crippen molar-refractivity contribution in [3.63, 3.8) is 0 Å². The van der Waals surface area contributed by atoms with Gasteiger partial charge in [-0.05, 0) is 68.1 Å². The van der Waals surface area contributed by atoms with E-state index in [1.54, 1.807) is 6.07 Å². The van der Waals surface area contributed by atoms with Gasteiger partial charge in [0, 0.05) is 12.1 Å². The smallest absolute Gasteiger partial charge is 0.297 e. The van der Waals surface area contributed by atoms with Crippen molar-refractivity contribution in [1.82, 2.24) is 5.32 Å². The van der Waals surface area contributed by atoms with Gasteiger partial charge >= 0.3 is 0 Å². The molecule has 5 atom stereocenters. The van der Waals surface area contributed by atoms with Gasteiger partial charge in [0.2, 0.25) is 0 Å². The Bertz CT molecular complexity index is 943. The maximum Gasteiger partial charge on any atom is 0.297 e. The Balaban J connectivity index is 1.43. The molecule has 4 bridgehead atoms. The molecule has 0 spiro atoms. The van der Waals surface area contributed by atoms with Crippen LogP contribution >= 0.6 is 0 Å². The second-order valence-corrected chi connectivity index (χ2v) is 10.4. The van der Waals surface area contributed by atoms with Crippen LogP contribution < -0.4 is 5.32 Å². The third-order valence-corrected chi connectivity index (χ3v) is 8.11. The molecule has 0 radical (unpaired) electrons. The quantitative estimate of drug-likeness (QED) is 0.780. The van der Waals surface area contributed by atoms with Crippen LogP contribution in [0.5, 0.6) is 0 Å². The van der Waals surface area contributed by atoms with Crippen molar-refractivity contribution in [2.24, 2.45) is 11.8 Å². The van der Waals surface area contributed by atoms with Crippen LogP contribution in [0.2, 0.25) is 0 Å². The fourth-order valence-electron chi connectivity index (χ4n) is 5.62. The molecular weight excluding hydrogens is 370 g/mol. The summed E-state index contributed by atoms with van der Waals surface area (Å²) in [6, 6.07) is 16.3. The minimum absolute atomic E-state index is 0.175. The van der Waals surface area contributed by atoms with Crippen molar-refractivity contribution in [2.45, 2.75) is 62.1 Å². The average Bonchev–Trinajstić information content (AvgIpc) is 2.65. The summed E-state index contributed by atoms with van der Waals surface area (Å²) in [5.41, 5.74) is 2.96. The van der Waals surface area contributed by atoms with Crippen LogP contribution in [-0.4, -0.2) is 26.6 Å². The van der Waals surface area contributed by atoms with E-state index < -0.39 is 10.1 Å². The molecule has 2 saturated heterocycles. The van der Waals surface area contributed by atoms with Gasteiger partial charge in [0.1, 0.15) is 0 Å². The van der Waals surface area contributed by atoms with E-state index in [9.17, 15) is 8.42 Å². The maximum absolute atomic E-state index is 13.3. The van der Waals surface area contributed by atoms with Gasteiger partial charge in [-0.25, -0.2) is 0 Å². The molecule has 2 aliphatic carbocycles. The minimum Gasteiger partial charge on any atom is -0.309 e. The first-order valence-electron chi connectivity index (χ1n) is 10.3. The Morgan fingerprint density at radius 1 is 1.04 bits per heavy atom. The highest BCUT2D eigenvalue weighted by Gasteiger charge is 2.50. The van der Waals surface area contributed by atoms with Crippen LogP contribution in [0.3, 0.4) is 0 Å². The lowest BCUT2D eigenvalue weighted by molar-refractivity contribution is -0.0426. The second-order valence-electron chi connectivity index (χ2n) is 8.83. The lowest BCUT2D eigenvalue weighted by Gasteiger charge is -2.54. The van der Waals surface area contributed by atoms with E-state index in [-0.39, 0.29) is 12.1 Å². The van der Waals surface area contributed by atoms with Crippen LogP contribution in [0.1, 0.15) is 42.4 Å². The number of hydrogen-bond acceptors (Lipinski definition) is 4. The van der Waals surface area contributed by atoms with Crippen LogP contribution in [0.25, 0.3) is 0 Å². The number of aryl methyl sites for hydroxylation is 1. The summed E-state index contributed by atoms with van der Waals surface area (Å²) in [5.74, 6) is 1.10. The van der Waals surface area contributed by atoms with Crippen molar-refractivity contribution in [3.05, 3.63) is 65.2 Å². The summed E-state index contributed by atoms with van der Waals surface area (Å²) in [5, 5.41) is 3.61. The van der Waals surface area contributed by atoms with Crippen molar-refractivity contribution in [2.75, 3.05) is 0 Å². The molecule has 1 N–H and O–H groups in total. The molecule has 148 valence electrons. The van der Waals surface area contributed by atoms with E-state index in [0.29, 0.717) is 23.3 Å². The molecule has 0 aromatic heterocycles. The zero-order valence-corrected chi connectivity index (χ0v) is 17.0. The van der Waals surface area contributed by atoms with Crippen molar-refractivity contribution < 1.29 is 12.6 Å². The maximum atomic E-state index is 13.3. The summed E-state index contributed by atoms with van der Waals surface area (Å²) < 4.78 is 32.5. The van der Waals surface area contributed by atoms with Crippen LogP contribution in [0.15, 0.2) is 53.4 Å². The molecule has 2 aromatic rings. The number of benzene rings is 2.